The quantitative estimate of drug-likeness (QED) is 0.791. The topological polar surface area (TPSA) is 41.8 Å². The summed E-state index contributed by atoms with van der Waals surface area (Å²) in [4.78, 5) is 3.44. The van der Waals surface area contributed by atoms with E-state index >= 15 is 0 Å². The fourth-order valence-electron chi connectivity index (χ4n) is 2.12. The minimum atomic E-state index is 0.344. The van der Waals surface area contributed by atoms with Crippen LogP contribution in [0.1, 0.15) is 31.9 Å². The molecule has 0 aliphatic carbocycles. The molecular weight excluding hydrogens is 196 g/mol. The van der Waals surface area contributed by atoms with Crippen LogP contribution < -0.4 is 5.73 Å². The van der Waals surface area contributed by atoms with Gasteiger partial charge in [0.1, 0.15) is 0 Å². The molecule has 1 aromatic carbocycles. The van der Waals surface area contributed by atoms with Crippen LogP contribution >= 0.6 is 0 Å². The molecule has 0 saturated heterocycles. The van der Waals surface area contributed by atoms with Crippen molar-refractivity contribution in [3.63, 3.8) is 0 Å². The molecule has 1 unspecified atom stereocenters. The third-order valence-corrected chi connectivity index (χ3v) is 3.03. The standard InChI is InChI=1S/C14H20N2/c1-2-5-12(15)8-9-13-10-11-6-3-4-7-14(11)16-13/h3-4,6-7,10,12,16H,2,5,8-9,15H2,1H3. The molecule has 0 saturated carbocycles. The molecule has 0 fully saturated rings. The fraction of sp³-hybridized carbons (Fsp3) is 0.429. The SMILES string of the molecule is CCCC(N)CCc1cc2ccccc2[nH]1. The van der Waals surface area contributed by atoms with Crippen LogP contribution in [-0.4, -0.2) is 11.0 Å². The van der Waals surface area contributed by atoms with Crippen LogP contribution in [0.15, 0.2) is 30.3 Å². The number of hydrogen-bond donors (Lipinski definition) is 2. The zero-order chi connectivity index (χ0) is 11.4. The first kappa shape index (κ1) is 11.2. The predicted octanol–water partition coefficient (Wildman–Crippen LogP) is 3.23. The lowest BCUT2D eigenvalue weighted by atomic mass is 10.1. The van der Waals surface area contributed by atoms with E-state index in [9.17, 15) is 0 Å². The van der Waals surface area contributed by atoms with E-state index in [-0.39, 0.29) is 0 Å². The Bertz CT molecular complexity index is 412. The van der Waals surface area contributed by atoms with Crippen LogP contribution in [0.25, 0.3) is 10.9 Å². The lowest BCUT2D eigenvalue weighted by Crippen LogP contribution is -2.20. The molecule has 1 aromatic heterocycles. The molecule has 0 aliphatic heterocycles. The van der Waals surface area contributed by atoms with Crippen LogP contribution in [0.4, 0.5) is 0 Å². The Hall–Kier alpha value is -1.28. The summed E-state index contributed by atoms with van der Waals surface area (Å²) in [6.07, 6.45) is 4.42. The number of para-hydroxylation sites is 1. The molecule has 2 rings (SSSR count). The number of H-pyrrole nitrogens is 1. The third kappa shape index (κ3) is 2.64. The predicted molar refractivity (Wildman–Crippen MR) is 69.5 cm³/mol. The van der Waals surface area contributed by atoms with Crippen LogP contribution in [0.2, 0.25) is 0 Å². The van der Waals surface area contributed by atoms with Crippen LogP contribution in [-0.2, 0) is 6.42 Å². The van der Waals surface area contributed by atoms with Crippen LogP contribution in [0.5, 0.6) is 0 Å². The second-order valence-corrected chi connectivity index (χ2v) is 4.47. The van der Waals surface area contributed by atoms with Crippen molar-refractivity contribution in [2.24, 2.45) is 5.73 Å². The smallest absolute Gasteiger partial charge is 0.0456 e. The van der Waals surface area contributed by atoms with Crippen LogP contribution in [0, 0.1) is 0 Å². The van der Waals surface area contributed by atoms with Crippen molar-refractivity contribution in [2.45, 2.75) is 38.6 Å². The Labute approximate surface area is 96.9 Å². The van der Waals surface area contributed by atoms with Gasteiger partial charge in [-0.25, -0.2) is 0 Å². The maximum Gasteiger partial charge on any atom is 0.0456 e. The largest absolute Gasteiger partial charge is 0.358 e. The van der Waals surface area contributed by atoms with Crippen molar-refractivity contribution >= 4 is 10.9 Å². The number of benzene rings is 1. The van der Waals surface area contributed by atoms with E-state index in [1.54, 1.807) is 0 Å². The molecule has 0 aliphatic rings. The number of rotatable bonds is 5. The first-order chi connectivity index (χ1) is 7.79. The molecule has 0 spiro atoms. The molecular formula is C14H20N2. The summed E-state index contributed by atoms with van der Waals surface area (Å²) in [6.45, 7) is 2.18. The van der Waals surface area contributed by atoms with Gasteiger partial charge in [0, 0.05) is 17.3 Å². The van der Waals surface area contributed by atoms with E-state index in [1.165, 1.54) is 23.0 Å². The molecule has 0 bridgehead atoms. The van der Waals surface area contributed by atoms with Gasteiger partial charge in [0.2, 0.25) is 0 Å². The highest BCUT2D eigenvalue weighted by atomic mass is 14.7. The maximum atomic E-state index is 6.01. The third-order valence-electron chi connectivity index (χ3n) is 3.03. The average molecular weight is 216 g/mol. The summed E-state index contributed by atoms with van der Waals surface area (Å²) >= 11 is 0. The van der Waals surface area contributed by atoms with E-state index in [0.29, 0.717) is 6.04 Å². The number of fused-ring (bicyclic) bond motifs is 1. The Balaban J connectivity index is 1.99. The minimum Gasteiger partial charge on any atom is -0.358 e. The van der Waals surface area contributed by atoms with Crippen molar-refractivity contribution < 1.29 is 0 Å². The molecule has 1 atom stereocenters. The average Bonchev–Trinajstić information content (AvgIpc) is 2.69. The Morgan fingerprint density at radius 2 is 2.06 bits per heavy atom. The molecule has 0 radical (unpaired) electrons. The second kappa shape index (κ2) is 5.17. The lowest BCUT2D eigenvalue weighted by molar-refractivity contribution is 0.558. The highest BCUT2D eigenvalue weighted by molar-refractivity contribution is 5.80. The van der Waals surface area contributed by atoms with Crippen molar-refractivity contribution in [3.8, 4) is 0 Å². The first-order valence-corrected chi connectivity index (χ1v) is 6.12. The zero-order valence-electron chi connectivity index (χ0n) is 9.87. The van der Waals surface area contributed by atoms with Crippen LogP contribution in [0.3, 0.4) is 0 Å². The van der Waals surface area contributed by atoms with Gasteiger partial charge < -0.3 is 10.7 Å². The van der Waals surface area contributed by atoms with E-state index in [0.717, 1.165) is 19.3 Å². The molecule has 86 valence electrons. The number of aromatic amines is 1. The van der Waals surface area contributed by atoms with Gasteiger partial charge in [-0.3, -0.25) is 0 Å². The lowest BCUT2D eigenvalue weighted by Gasteiger charge is -2.08. The summed E-state index contributed by atoms with van der Waals surface area (Å²) in [5, 5.41) is 1.29. The van der Waals surface area contributed by atoms with Gasteiger partial charge in [-0.05, 0) is 36.8 Å². The minimum absolute atomic E-state index is 0.344. The monoisotopic (exact) mass is 216 g/mol. The molecule has 1 heterocycles. The molecule has 0 amide bonds. The Morgan fingerprint density at radius 1 is 1.25 bits per heavy atom. The van der Waals surface area contributed by atoms with Gasteiger partial charge in [-0.2, -0.15) is 0 Å². The molecule has 2 heteroatoms. The molecule has 3 N–H and O–H groups in total. The highest BCUT2D eigenvalue weighted by Crippen LogP contribution is 2.16. The zero-order valence-corrected chi connectivity index (χ0v) is 9.87. The Kier molecular flexibility index (Phi) is 3.62. The number of nitrogens with one attached hydrogen (secondary N) is 1. The van der Waals surface area contributed by atoms with Gasteiger partial charge in [-0.15, -0.1) is 0 Å². The van der Waals surface area contributed by atoms with Crippen molar-refractivity contribution in [1.82, 2.24) is 4.98 Å². The highest BCUT2D eigenvalue weighted by Gasteiger charge is 2.04. The van der Waals surface area contributed by atoms with Crippen molar-refractivity contribution in [2.75, 3.05) is 0 Å². The molecule has 2 nitrogen and oxygen atoms in total. The summed E-state index contributed by atoms with van der Waals surface area (Å²) in [5.74, 6) is 0. The molecule has 2 aromatic rings. The van der Waals surface area contributed by atoms with Crippen molar-refractivity contribution in [3.05, 3.63) is 36.0 Å². The van der Waals surface area contributed by atoms with Gasteiger partial charge in [0.15, 0.2) is 0 Å². The number of aryl methyl sites for hydroxylation is 1. The summed E-state index contributed by atoms with van der Waals surface area (Å²) < 4.78 is 0. The summed E-state index contributed by atoms with van der Waals surface area (Å²) in [7, 11) is 0. The van der Waals surface area contributed by atoms with Gasteiger partial charge >= 0.3 is 0 Å². The first-order valence-electron chi connectivity index (χ1n) is 6.12. The van der Waals surface area contributed by atoms with Crippen molar-refractivity contribution in [1.29, 1.82) is 0 Å². The van der Waals surface area contributed by atoms with Gasteiger partial charge in [0.05, 0.1) is 0 Å². The Morgan fingerprint density at radius 3 is 2.81 bits per heavy atom. The molecule has 16 heavy (non-hydrogen) atoms. The maximum absolute atomic E-state index is 6.01. The van der Waals surface area contributed by atoms with E-state index in [4.69, 9.17) is 5.73 Å². The normalized spacial score (nSPS) is 13.1. The number of aromatic nitrogens is 1. The van der Waals surface area contributed by atoms with E-state index < -0.39 is 0 Å². The fourth-order valence-corrected chi connectivity index (χ4v) is 2.12. The van der Waals surface area contributed by atoms with E-state index in [1.807, 2.05) is 0 Å². The summed E-state index contributed by atoms with van der Waals surface area (Å²) in [6, 6.07) is 11.0. The number of nitrogens with two attached hydrogens (primary N) is 1. The second-order valence-electron chi connectivity index (χ2n) is 4.47. The van der Waals surface area contributed by atoms with Gasteiger partial charge in [-0.1, -0.05) is 31.5 Å². The summed E-state index contributed by atoms with van der Waals surface area (Å²) in [5.41, 5.74) is 8.53. The number of hydrogen-bond acceptors (Lipinski definition) is 1. The van der Waals surface area contributed by atoms with Gasteiger partial charge in [0.25, 0.3) is 0 Å². The van der Waals surface area contributed by atoms with E-state index in [2.05, 4.69) is 42.2 Å².